The van der Waals surface area contributed by atoms with Gasteiger partial charge in [-0.1, -0.05) is 35.5 Å². The van der Waals surface area contributed by atoms with E-state index in [2.05, 4.69) is 4.98 Å². The number of aryl methyl sites for hydroxylation is 2. The highest BCUT2D eigenvalue weighted by Gasteiger charge is 2.16. The molecule has 0 aliphatic rings. The van der Waals surface area contributed by atoms with Gasteiger partial charge in [-0.3, -0.25) is 14.2 Å². The van der Waals surface area contributed by atoms with Gasteiger partial charge in [0.15, 0.2) is 10.9 Å². The lowest BCUT2D eigenvalue weighted by molar-refractivity contribution is 0.102. The van der Waals surface area contributed by atoms with E-state index < -0.39 is 6.10 Å². The van der Waals surface area contributed by atoms with E-state index in [1.807, 2.05) is 32.0 Å². The van der Waals surface area contributed by atoms with Crippen molar-refractivity contribution in [1.29, 1.82) is 0 Å². The molecule has 5 nitrogen and oxygen atoms in total. The molecule has 28 heavy (non-hydrogen) atoms. The largest absolute Gasteiger partial charge is 0.392 e. The van der Waals surface area contributed by atoms with Crippen molar-refractivity contribution in [1.82, 2.24) is 9.55 Å². The van der Waals surface area contributed by atoms with Crippen LogP contribution < -0.4 is 5.56 Å². The van der Waals surface area contributed by atoms with Crippen molar-refractivity contribution in [3.8, 4) is 0 Å². The van der Waals surface area contributed by atoms with Gasteiger partial charge in [-0.15, -0.1) is 0 Å². The van der Waals surface area contributed by atoms with Crippen LogP contribution in [0.2, 0.25) is 5.02 Å². The van der Waals surface area contributed by atoms with E-state index in [4.69, 9.17) is 11.6 Å². The van der Waals surface area contributed by atoms with Crippen LogP contribution in [0.3, 0.4) is 0 Å². The van der Waals surface area contributed by atoms with Crippen molar-refractivity contribution >= 4 is 40.0 Å². The number of Topliss-reactive ketones (excluding diaryl/α,β-unsaturated/α-hetero) is 1. The summed E-state index contributed by atoms with van der Waals surface area (Å²) >= 11 is 7.22. The predicted octanol–water partition coefficient (Wildman–Crippen LogP) is 4.02. The van der Waals surface area contributed by atoms with E-state index in [0.717, 1.165) is 11.1 Å². The van der Waals surface area contributed by atoms with Crippen LogP contribution in [0.15, 0.2) is 46.3 Å². The highest BCUT2D eigenvalue weighted by atomic mass is 35.5. The quantitative estimate of drug-likeness (QED) is 0.373. The van der Waals surface area contributed by atoms with Crippen molar-refractivity contribution in [3.63, 3.8) is 0 Å². The van der Waals surface area contributed by atoms with E-state index in [-0.39, 0.29) is 23.6 Å². The number of hydrogen-bond acceptors (Lipinski definition) is 5. The van der Waals surface area contributed by atoms with E-state index in [1.54, 1.807) is 25.1 Å². The van der Waals surface area contributed by atoms with Gasteiger partial charge in [-0.05, 0) is 56.2 Å². The van der Waals surface area contributed by atoms with Crippen LogP contribution in [0.4, 0.5) is 0 Å². The Kier molecular flexibility index (Phi) is 6.23. The smallest absolute Gasteiger partial charge is 0.262 e. The number of aromatic nitrogens is 2. The Hall–Kier alpha value is -2.15. The first-order chi connectivity index (χ1) is 13.3. The van der Waals surface area contributed by atoms with Crippen molar-refractivity contribution in [2.24, 2.45) is 0 Å². The number of carbonyl (C=O) groups excluding carboxylic acids is 1. The molecule has 0 fully saturated rings. The second-order valence-electron chi connectivity index (χ2n) is 6.83. The molecular formula is C21H21ClN2O3S. The Morgan fingerprint density at radius 1 is 1.21 bits per heavy atom. The monoisotopic (exact) mass is 416 g/mol. The summed E-state index contributed by atoms with van der Waals surface area (Å²) < 4.78 is 1.42. The lowest BCUT2D eigenvalue weighted by Gasteiger charge is -2.14. The number of aliphatic hydroxyl groups excluding tert-OH is 1. The zero-order valence-electron chi connectivity index (χ0n) is 15.9. The number of carbonyl (C=O) groups is 1. The fraction of sp³-hybridized carbons (Fsp3) is 0.286. The van der Waals surface area contributed by atoms with Crippen LogP contribution >= 0.6 is 23.4 Å². The molecule has 3 aromatic rings. The normalized spacial score (nSPS) is 12.3. The van der Waals surface area contributed by atoms with Crippen LogP contribution in [0.1, 0.15) is 28.4 Å². The molecule has 0 aliphatic heterocycles. The molecule has 0 unspecified atom stereocenters. The van der Waals surface area contributed by atoms with Gasteiger partial charge in [0.1, 0.15) is 0 Å². The summed E-state index contributed by atoms with van der Waals surface area (Å²) in [7, 11) is 0. The van der Waals surface area contributed by atoms with Gasteiger partial charge in [0.05, 0.1) is 29.3 Å². The van der Waals surface area contributed by atoms with Crippen molar-refractivity contribution in [3.05, 3.63) is 68.5 Å². The molecule has 2 aromatic carbocycles. The van der Waals surface area contributed by atoms with Crippen molar-refractivity contribution < 1.29 is 9.90 Å². The lowest BCUT2D eigenvalue weighted by Crippen LogP contribution is -2.28. The Bertz CT molecular complexity index is 1110. The van der Waals surface area contributed by atoms with E-state index in [0.29, 0.717) is 26.6 Å². The molecule has 7 heteroatoms. The molecule has 0 amide bonds. The van der Waals surface area contributed by atoms with Gasteiger partial charge < -0.3 is 5.11 Å². The number of benzene rings is 2. The maximum atomic E-state index is 12.9. The number of halogens is 1. The third-order valence-electron chi connectivity index (χ3n) is 4.49. The SMILES string of the molecule is Cc1ccc(C(=O)CSc2nc3cc(Cl)ccc3c(=O)n2C[C@@H](C)O)cc1C. The van der Waals surface area contributed by atoms with Crippen molar-refractivity contribution in [2.45, 2.75) is 38.6 Å². The Morgan fingerprint density at radius 3 is 2.64 bits per heavy atom. The standard InChI is InChI=1S/C21H21ClN2O3S/c1-12-4-5-15(8-13(12)2)19(26)11-28-21-23-18-9-16(22)6-7-17(18)20(27)24(21)10-14(3)25/h4-9,14,25H,10-11H2,1-3H3/t14-/m1/s1. The summed E-state index contributed by atoms with van der Waals surface area (Å²) in [5, 5.41) is 11.1. The summed E-state index contributed by atoms with van der Waals surface area (Å²) in [6.07, 6.45) is -0.723. The van der Waals surface area contributed by atoms with Gasteiger partial charge in [0, 0.05) is 10.6 Å². The van der Waals surface area contributed by atoms with Gasteiger partial charge in [-0.25, -0.2) is 4.98 Å². The zero-order valence-corrected chi connectivity index (χ0v) is 17.5. The molecular weight excluding hydrogens is 396 g/mol. The average Bonchev–Trinajstić information content (AvgIpc) is 2.64. The topological polar surface area (TPSA) is 72.2 Å². The molecule has 1 heterocycles. The fourth-order valence-electron chi connectivity index (χ4n) is 2.84. The second kappa shape index (κ2) is 8.47. The van der Waals surface area contributed by atoms with Crippen LogP contribution in [-0.4, -0.2) is 32.3 Å². The molecule has 146 valence electrons. The Labute approximate surface area is 172 Å². The maximum absolute atomic E-state index is 12.9. The number of rotatable bonds is 6. The summed E-state index contributed by atoms with van der Waals surface area (Å²) in [4.78, 5) is 30.0. The molecule has 3 rings (SSSR count). The minimum absolute atomic E-state index is 0.0443. The highest BCUT2D eigenvalue weighted by molar-refractivity contribution is 7.99. The Morgan fingerprint density at radius 2 is 1.96 bits per heavy atom. The molecule has 1 atom stereocenters. The highest BCUT2D eigenvalue weighted by Crippen LogP contribution is 2.22. The zero-order chi connectivity index (χ0) is 20.4. The van der Waals surface area contributed by atoms with E-state index in [9.17, 15) is 14.7 Å². The third kappa shape index (κ3) is 4.46. The van der Waals surface area contributed by atoms with Gasteiger partial charge in [0.25, 0.3) is 5.56 Å². The second-order valence-corrected chi connectivity index (χ2v) is 8.21. The molecule has 0 saturated carbocycles. The van der Waals surface area contributed by atoms with Crippen LogP contribution in [0.25, 0.3) is 10.9 Å². The van der Waals surface area contributed by atoms with E-state index in [1.165, 1.54) is 16.3 Å². The minimum Gasteiger partial charge on any atom is -0.392 e. The first kappa shape index (κ1) is 20.6. The number of thioether (sulfide) groups is 1. The fourth-order valence-corrected chi connectivity index (χ4v) is 3.91. The first-order valence-electron chi connectivity index (χ1n) is 8.87. The predicted molar refractivity (Wildman–Crippen MR) is 114 cm³/mol. The number of aliphatic hydroxyl groups is 1. The maximum Gasteiger partial charge on any atom is 0.262 e. The summed E-state index contributed by atoms with van der Waals surface area (Å²) in [5.74, 6) is 0.0954. The summed E-state index contributed by atoms with van der Waals surface area (Å²) in [5.41, 5.74) is 3.02. The summed E-state index contributed by atoms with van der Waals surface area (Å²) in [6.45, 7) is 5.67. The van der Waals surface area contributed by atoms with Gasteiger partial charge in [0.2, 0.25) is 0 Å². The van der Waals surface area contributed by atoms with Gasteiger partial charge >= 0.3 is 0 Å². The Balaban J connectivity index is 1.95. The third-order valence-corrected chi connectivity index (χ3v) is 5.70. The number of nitrogens with zero attached hydrogens (tertiary/aromatic N) is 2. The van der Waals surface area contributed by atoms with E-state index >= 15 is 0 Å². The van der Waals surface area contributed by atoms with Crippen molar-refractivity contribution in [2.75, 3.05) is 5.75 Å². The molecule has 0 saturated heterocycles. The van der Waals surface area contributed by atoms with Crippen LogP contribution in [0, 0.1) is 13.8 Å². The number of fused-ring (bicyclic) bond motifs is 1. The molecule has 0 bridgehead atoms. The lowest BCUT2D eigenvalue weighted by atomic mass is 10.0. The first-order valence-corrected chi connectivity index (χ1v) is 10.2. The number of ketones is 1. The average molecular weight is 417 g/mol. The number of hydrogen-bond donors (Lipinski definition) is 1. The minimum atomic E-state index is -0.723. The molecule has 0 spiro atoms. The molecule has 1 N–H and O–H groups in total. The molecule has 0 radical (unpaired) electrons. The molecule has 0 aliphatic carbocycles. The van der Waals surface area contributed by atoms with Crippen LogP contribution in [0.5, 0.6) is 0 Å². The summed E-state index contributed by atoms with van der Waals surface area (Å²) in [6, 6.07) is 10.5. The van der Waals surface area contributed by atoms with Crippen LogP contribution in [-0.2, 0) is 6.54 Å². The van der Waals surface area contributed by atoms with Gasteiger partial charge in [-0.2, -0.15) is 0 Å². The molecule has 1 aromatic heterocycles.